The highest BCUT2D eigenvalue weighted by Gasteiger charge is 2.43. The summed E-state index contributed by atoms with van der Waals surface area (Å²) in [5.41, 5.74) is 2.74. The third-order valence-electron chi connectivity index (χ3n) is 4.21. The number of ether oxygens (including phenoxy) is 2. The average molecular weight is 293 g/mol. The van der Waals surface area contributed by atoms with Crippen LogP contribution in [0.5, 0.6) is 0 Å². The maximum Gasteiger partial charge on any atom is 0.274 e. The number of aryl methyl sites for hydroxylation is 1. The van der Waals surface area contributed by atoms with E-state index in [0.29, 0.717) is 25.3 Å². The van der Waals surface area contributed by atoms with Crippen molar-refractivity contribution in [2.24, 2.45) is 0 Å². The number of carbonyl (C=O) groups excluding carboxylic acids is 1. The highest BCUT2D eigenvalue weighted by molar-refractivity contribution is 5.93. The molecule has 1 amide bonds. The number of hydrogen-bond donors (Lipinski definition) is 0. The Labute approximate surface area is 125 Å². The molecule has 116 valence electrons. The zero-order valence-electron chi connectivity index (χ0n) is 13.0. The third kappa shape index (κ3) is 2.46. The van der Waals surface area contributed by atoms with Crippen molar-refractivity contribution < 1.29 is 14.3 Å². The number of nitrogens with zero attached hydrogens (tertiary/aromatic N) is 3. The van der Waals surface area contributed by atoms with Gasteiger partial charge in [0.2, 0.25) is 0 Å². The molecular weight excluding hydrogens is 270 g/mol. The van der Waals surface area contributed by atoms with Crippen molar-refractivity contribution >= 4 is 5.91 Å². The van der Waals surface area contributed by atoms with Crippen LogP contribution in [0.3, 0.4) is 0 Å². The molecule has 1 aromatic heterocycles. The van der Waals surface area contributed by atoms with Crippen molar-refractivity contribution in [3.8, 4) is 0 Å². The van der Waals surface area contributed by atoms with E-state index >= 15 is 0 Å². The summed E-state index contributed by atoms with van der Waals surface area (Å²) < 4.78 is 13.6. The van der Waals surface area contributed by atoms with Gasteiger partial charge in [-0.1, -0.05) is 6.92 Å². The molecule has 1 aliphatic carbocycles. The molecule has 21 heavy (non-hydrogen) atoms. The fourth-order valence-corrected chi connectivity index (χ4v) is 3.19. The van der Waals surface area contributed by atoms with Gasteiger partial charge in [-0.05, 0) is 12.8 Å². The lowest BCUT2D eigenvalue weighted by atomic mass is 9.90. The van der Waals surface area contributed by atoms with E-state index in [9.17, 15) is 4.79 Å². The van der Waals surface area contributed by atoms with E-state index < -0.39 is 5.79 Å². The van der Waals surface area contributed by atoms with Crippen LogP contribution in [0, 0.1) is 0 Å². The average Bonchev–Trinajstić information content (AvgIpc) is 3.04. The Bertz CT molecular complexity index is 545. The summed E-state index contributed by atoms with van der Waals surface area (Å²) in [4.78, 5) is 14.0. The number of aromatic nitrogens is 2. The van der Waals surface area contributed by atoms with Gasteiger partial charge in [-0.3, -0.25) is 9.48 Å². The number of rotatable bonds is 3. The van der Waals surface area contributed by atoms with Crippen LogP contribution in [0.25, 0.3) is 0 Å². The second kappa shape index (κ2) is 5.42. The fourth-order valence-electron chi connectivity index (χ4n) is 3.19. The highest BCUT2D eigenvalue weighted by Crippen LogP contribution is 2.37. The summed E-state index contributed by atoms with van der Waals surface area (Å²) in [7, 11) is 3.52. The lowest BCUT2D eigenvalue weighted by Crippen LogP contribution is -2.38. The predicted octanol–water partition coefficient (Wildman–Crippen LogP) is 1.23. The summed E-state index contributed by atoms with van der Waals surface area (Å²) in [5, 5.41) is 4.57. The Kier molecular flexibility index (Phi) is 3.75. The molecule has 1 aliphatic heterocycles. The van der Waals surface area contributed by atoms with E-state index in [2.05, 4.69) is 12.0 Å². The summed E-state index contributed by atoms with van der Waals surface area (Å²) in [6.45, 7) is 4.23. The first kappa shape index (κ1) is 14.5. The molecular formula is C15H23N3O3. The lowest BCUT2D eigenvalue weighted by Gasteiger charge is -2.31. The first-order chi connectivity index (χ1) is 10.1. The molecule has 6 heteroatoms. The molecule has 0 unspecified atom stereocenters. The molecule has 0 aromatic carbocycles. The Hall–Kier alpha value is -1.40. The molecule has 1 aromatic rings. The van der Waals surface area contributed by atoms with E-state index in [0.717, 1.165) is 31.4 Å². The quantitative estimate of drug-likeness (QED) is 0.841. The van der Waals surface area contributed by atoms with Gasteiger partial charge in [-0.15, -0.1) is 0 Å². The molecule has 2 heterocycles. The Morgan fingerprint density at radius 2 is 2.10 bits per heavy atom. The van der Waals surface area contributed by atoms with Gasteiger partial charge in [-0.2, -0.15) is 5.10 Å². The molecule has 6 nitrogen and oxygen atoms in total. The van der Waals surface area contributed by atoms with Gasteiger partial charge in [0, 0.05) is 44.7 Å². The maximum atomic E-state index is 12.4. The van der Waals surface area contributed by atoms with Crippen LogP contribution in [0.1, 0.15) is 41.5 Å². The summed E-state index contributed by atoms with van der Waals surface area (Å²) in [5.74, 6) is -0.579. The minimum absolute atomic E-state index is 0.0452. The molecule has 3 rings (SSSR count). The van der Waals surface area contributed by atoms with E-state index in [1.807, 2.05) is 4.68 Å². The van der Waals surface area contributed by atoms with Gasteiger partial charge in [0.25, 0.3) is 5.91 Å². The zero-order valence-corrected chi connectivity index (χ0v) is 13.0. The van der Waals surface area contributed by atoms with Gasteiger partial charge in [0.05, 0.1) is 13.2 Å². The first-order valence-corrected chi connectivity index (χ1v) is 7.64. The number of hydrogen-bond acceptors (Lipinski definition) is 4. The summed E-state index contributed by atoms with van der Waals surface area (Å²) in [6.07, 6.45) is 3.32. The summed E-state index contributed by atoms with van der Waals surface area (Å²) in [6, 6.07) is 0. The molecule has 1 spiro atoms. The van der Waals surface area contributed by atoms with Gasteiger partial charge >= 0.3 is 0 Å². The molecule has 0 bridgehead atoms. The number of fused-ring (bicyclic) bond motifs is 1. The number of amides is 1. The van der Waals surface area contributed by atoms with Crippen molar-refractivity contribution in [2.75, 3.05) is 27.3 Å². The minimum Gasteiger partial charge on any atom is -0.347 e. The second-order valence-corrected chi connectivity index (χ2v) is 5.98. The Morgan fingerprint density at radius 1 is 1.38 bits per heavy atom. The van der Waals surface area contributed by atoms with E-state index in [1.165, 1.54) is 5.69 Å². The van der Waals surface area contributed by atoms with Gasteiger partial charge in [0.15, 0.2) is 11.5 Å². The van der Waals surface area contributed by atoms with E-state index in [1.54, 1.807) is 19.0 Å². The van der Waals surface area contributed by atoms with E-state index in [4.69, 9.17) is 9.47 Å². The second-order valence-electron chi connectivity index (χ2n) is 5.98. The normalized spacial score (nSPS) is 19.8. The SMILES string of the molecule is CCCn1nc(C(=O)N(C)C)c2c1CCC1(C2)OCCO1. The van der Waals surface area contributed by atoms with Gasteiger partial charge in [-0.25, -0.2) is 0 Å². The van der Waals surface area contributed by atoms with Crippen LogP contribution >= 0.6 is 0 Å². The smallest absolute Gasteiger partial charge is 0.274 e. The highest BCUT2D eigenvalue weighted by atomic mass is 16.7. The van der Waals surface area contributed by atoms with Gasteiger partial charge < -0.3 is 14.4 Å². The zero-order chi connectivity index (χ0) is 15.0. The lowest BCUT2D eigenvalue weighted by molar-refractivity contribution is -0.164. The number of carbonyl (C=O) groups is 1. The molecule has 0 saturated carbocycles. The largest absolute Gasteiger partial charge is 0.347 e. The van der Waals surface area contributed by atoms with Crippen molar-refractivity contribution in [3.05, 3.63) is 17.0 Å². The predicted molar refractivity (Wildman–Crippen MR) is 77.2 cm³/mol. The van der Waals surface area contributed by atoms with Crippen molar-refractivity contribution in [1.29, 1.82) is 0 Å². The topological polar surface area (TPSA) is 56.6 Å². The molecule has 1 saturated heterocycles. The fraction of sp³-hybridized carbons (Fsp3) is 0.733. The van der Waals surface area contributed by atoms with Crippen LogP contribution < -0.4 is 0 Å². The van der Waals surface area contributed by atoms with E-state index in [-0.39, 0.29) is 5.91 Å². The van der Waals surface area contributed by atoms with Crippen molar-refractivity contribution in [2.45, 2.75) is 44.9 Å². The van der Waals surface area contributed by atoms with Crippen LogP contribution in [0.4, 0.5) is 0 Å². The molecule has 0 atom stereocenters. The van der Waals surface area contributed by atoms with Crippen LogP contribution in [0.15, 0.2) is 0 Å². The molecule has 0 N–H and O–H groups in total. The van der Waals surface area contributed by atoms with Crippen molar-refractivity contribution in [3.63, 3.8) is 0 Å². The third-order valence-corrected chi connectivity index (χ3v) is 4.21. The van der Waals surface area contributed by atoms with Crippen LogP contribution in [0.2, 0.25) is 0 Å². The monoisotopic (exact) mass is 293 g/mol. The first-order valence-electron chi connectivity index (χ1n) is 7.64. The van der Waals surface area contributed by atoms with Gasteiger partial charge in [0.1, 0.15) is 0 Å². The van der Waals surface area contributed by atoms with Crippen molar-refractivity contribution in [1.82, 2.24) is 14.7 Å². The Morgan fingerprint density at radius 3 is 2.71 bits per heavy atom. The molecule has 1 fully saturated rings. The van der Waals surface area contributed by atoms with Crippen LogP contribution in [-0.4, -0.2) is 53.7 Å². The minimum atomic E-state index is -0.533. The summed E-state index contributed by atoms with van der Waals surface area (Å²) >= 11 is 0. The molecule has 0 radical (unpaired) electrons. The van der Waals surface area contributed by atoms with Crippen LogP contribution in [-0.2, 0) is 28.9 Å². The maximum absolute atomic E-state index is 12.4. The molecule has 2 aliphatic rings. The Balaban J connectivity index is 2.00. The standard InChI is InChI=1S/C15H23N3O3/c1-4-7-18-12-5-6-15(20-8-9-21-15)10-11(12)13(16-18)14(19)17(2)3/h4-10H2,1-3H3.